The lowest BCUT2D eigenvalue weighted by molar-refractivity contribution is -0.870. The van der Waals surface area contributed by atoms with Gasteiger partial charge in [-0.1, -0.05) is 352 Å². The first-order valence-electron chi connectivity index (χ1n) is 35.9. The molecular formula is C72H142N2O6P+. The Labute approximate surface area is 506 Å². The van der Waals surface area contributed by atoms with Gasteiger partial charge in [0.2, 0.25) is 5.91 Å². The summed E-state index contributed by atoms with van der Waals surface area (Å²) in [5, 5.41) is 14.0. The van der Waals surface area contributed by atoms with Crippen LogP contribution in [0.1, 0.15) is 367 Å². The topological polar surface area (TPSA) is 105 Å². The van der Waals surface area contributed by atoms with Gasteiger partial charge in [0.25, 0.3) is 0 Å². The Bertz CT molecular complexity index is 1410. The number of hydrogen-bond donors (Lipinski definition) is 3. The summed E-state index contributed by atoms with van der Waals surface area (Å²) in [6.07, 6.45) is 84.7. The summed E-state index contributed by atoms with van der Waals surface area (Å²) in [5.41, 5.74) is 0. The van der Waals surface area contributed by atoms with Gasteiger partial charge in [-0.2, -0.15) is 0 Å². The van der Waals surface area contributed by atoms with Gasteiger partial charge < -0.3 is 19.8 Å². The number of likely N-dealkylation sites (N-methyl/N-ethyl adjacent to an activating group) is 1. The van der Waals surface area contributed by atoms with Gasteiger partial charge in [0, 0.05) is 6.42 Å². The summed E-state index contributed by atoms with van der Waals surface area (Å²) in [5.74, 6) is -0.183. The van der Waals surface area contributed by atoms with E-state index in [2.05, 4.69) is 43.5 Å². The molecule has 0 aliphatic carbocycles. The molecule has 0 saturated carbocycles. The molecule has 81 heavy (non-hydrogen) atoms. The molecule has 0 heterocycles. The number of amides is 1. The summed E-state index contributed by atoms with van der Waals surface area (Å²) in [7, 11) is 1.56. The van der Waals surface area contributed by atoms with Crippen molar-refractivity contribution in [1.29, 1.82) is 0 Å². The lowest BCUT2D eigenvalue weighted by Crippen LogP contribution is -2.45. The van der Waals surface area contributed by atoms with E-state index in [1.807, 2.05) is 27.2 Å². The highest BCUT2D eigenvalue weighted by atomic mass is 31.2. The predicted molar refractivity (Wildman–Crippen MR) is 355 cm³/mol. The smallest absolute Gasteiger partial charge is 0.387 e. The Kier molecular flexibility index (Phi) is 62.2. The molecule has 3 unspecified atom stereocenters. The van der Waals surface area contributed by atoms with Gasteiger partial charge >= 0.3 is 7.82 Å². The molecule has 0 aliphatic heterocycles. The van der Waals surface area contributed by atoms with Crippen molar-refractivity contribution in [2.75, 3.05) is 40.9 Å². The number of carbonyl (C=O) groups excluding carboxylic acids is 1. The highest BCUT2D eigenvalue weighted by Crippen LogP contribution is 2.43. The second kappa shape index (κ2) is 63.2. The first kappa shape index (κ1) is 79.7. The monoisotopic (exact) mass is 1160 g/mol. The molecule has 0 saturated heterocycles. The van der Waals surface area contributed by atoms with Crippen molar-refractivity contribution in [3.05, 3.63) is 36.5 Å². The van der Waals surface area contributed by atoms with Crippen molar-refractivity contribution in [1.82, 2.24) is 5.32 Å². The van der Waals surface area contributed by atoms with Gasteiger partial charge in [0.05, 0.1) is 39.9 Å². The lowest BCUT2D eigenvalue weighted by Gasteiger charge is -2.25. The fourth-order valence-corrected chi connectivity index (χ4v) is 11.8. The lowest BCUT2D eigenvalue weighted by atomic mass is 10.0. The van der Waals surface area contributed by atoms with Crippen LogP contribution < -0.4 is 5.32 Å². The first-order chi connectivity index (χ1) is 39.5. The molecule has 480 valence electrons. The van der Waals surface area contributed by atoms with Crippen molar-refractivity contribution in [3.8, 4) is 0 Å². The molecule has 1 amide bonds. The average Bonchev–Trinajstić information content (AvgIpc) is 3.43. The average molecular weight is 1160 g/mol. The van der Waals surface area contributed by atoms with Crippen molar-refractivity contribution in [3.63, 3.8) is 0 Å². The Hall–Kier alpha value is -1.28. The Morgan fingerprint density at radius 2 is 0.679 bits per heavy atom. The van der Waals surface area contributed by atoms with Gasteiger partial charge in [-0.05, 0) is 44.9 Å². The van der Waals surface area contributed by atoms with Crippen LogP contribution in [-0.4, -0.2) is 73.4 Å². The van der Waals surface area contributed by atoms with E-state index in [0.29, 0.717) is 17.4 Å². The largest absolute Gasteiger partial charge is 0.472 e. The minimum Gasteiger partial charge on any atom is -0.387 e. The SMILES string of the molecule is CCCCCCCCCCCCC/C=C/CC/C=C/CC/C=C/C(O)C(COP(=O)(O)OCC[N+](C)(C)C)NC(=O)CCCCCCCCCCCCCCCCCCCCCCCCCCCCCCCCCCCCCCCC. The standard InChI is InChI=1S/C72H141N2O6P/c1-6-8-10-12-14-16-18-20-22-24-26-28-29-30-31-32-33-34-35-36-37-38-39-40-41-42-43-44-46-48-50-52-54-56-58-60-62-64-66-72(76)73-70(69-80-81(77,78)79-68-67-74(3,4)5)71(75)65-63-61-59-57-55-53-51-49-47-45-27-25-23-21-19-17-15-13-11-9-7-2/h47,49,55,57,63,65,70-71,75H,6-46,48,50-54,56,58-62,64,66-69H2,1-5H3,(H-,73,76,77,78)/p+1/b49-47+,57-55+,65-63+. The van der Waals surface area contributed by atoms with Gasteiger partial charge in [-0.25, -0.2) is 4.57 Å². The number of rotatable bonds is 67. The molecule has 0 rings (SSSR count). The number of carbonyl (C=O) groups is 1. The summed E-state index contributed by atoms with van der Waals surface area (Å²) < 4.78 is 23.8. The number of nitrogens with one attached hydrogen (secondary N) is 1. The minimum absolute atomic E-state index is 0.0553. The van der Waals surface area contributed by atoms with Gasteiger partial charge in [-0.3, -0.25) is 13.8 Å². The van der Waals surface area contributed by atoms with E-state index in [4.69, 9.17) is 9.05 Å². The van der Waals surface area contributed by atoms with E-state index in [0.717, 1.165) is 44.9 Å². The molecule has 0 aromatic rings. The highest BCUT2D eigenvalue weighted by molar-refractivity contribution is 7.47. The van der Waals surface area contributed by atoms with Crippen molar-refractivity contribution in [2.24, 2.45) is 0 Å². The number of quaternary nitrogens is 1. The van der Waals surface area contributed by atoms with E-state index in [1.54, 1.807) is 6.08 Å². The van der Waals surface area contributed by atoms with Crippen LogP contribution in [0.5, 0.6) is 0 Å². The van der Waals surface area contributed by atoms with Crippen LogP contribution in [-0.2, 0) is 18.4 Å². The maximum absolute atomic E-state index is 13.0. The molecule has 3 N–H and O–H groups in total. The Morgan fingerprint density at radius 3 is 0.988 bits per heavy atom. The van der Waals surface area contributed by atoms with Crippen LogP contribution in [0.15, 0.2) is 36.5 Å². The number of allylic oxidation sites excluding steroid dienone is 5. The number of phosphoric acid groups is 1. The Morgan fingerprint density at radius 1 is 0.407 bits per heavy atom. The summed E-state index contributed by atoms with van der Waals surface area (Å²) in [4.78, 5) is 23.4. The quantitative estimate of drug-likeness (QED) is 0.0243. The van der Waals surface area contributed by atoms with Crippen LogP contribution in [0.4, 0.5) is 0 Å². The zero-order valence-electron chi connectivity index (χ0n) is 55.1. The summed E-state index contributed by atoms with van der Waals surface area (Å²) >= 11 is 0. The molecule has 0 aliphatic rings. The van der Waals surface area contributed by atoms with E-state index in [9.17, 15) is 19.4 Å². The number of hydrogen-bond acceptors (Lipinski definition) is 5. The molecule has 0 aromatic carbocycles. The molecule has 3 atom stereocenters. The zero-order valence-corrected chi connectivity index (χ0v) is 55.9. The molecule has 0 spiro atoms. The maximum atomic E-state index is 13.0. The molecule has 8 nitrogen and oxygen atoms in total. The normalized spacial score (nSPS) is 13.8. The fourth-order valence-electron chi connectivity index (χ4n) is 11.0. The third-order valence-electron chi connectivity index (χ3n) is 16.6. The minimum atomic E-state index is -4.36. The van der Waals surface area contributed by atoms with Gasteiger partial charge in [-0.15, -0.1) is 0 Å². The van der Waals surface area contributed by atoms with E-state index in [-0.39, 0.29) is 19.1 Å². The van der Waals surface area contributed by atoms with Crippen LogP contribution in [0.2, 0.25) is 0 Å². The van der Waals surface area contributed by atoms with E-state index >= 15 is 0 Å². The van der Waals surface area contributed by atoms with Crippen molar-refractivity contribution < 1.29 is 32.9 Å². The molecule has 0 radical (unpaired) electrons. The third-order valence-corrected chi connectivity index (χ3v) is 17.6. The third kappa shape index (κ3) is 66.1. The maximum Gasteiger partial charge on any atom is 0.472 e. The van der Waals surface area contributed by atoms with Crippen LogP contribution in [0, 0.1) is 0 Å². The number of aliphatic hydroxyl groups excluding tert-OH is 1. The van der Waals surface area contributed by atoms with Gasteiger partial charge in [0.1, 0.15) is 13.2 Å². The van der Waals surface area contributed by atoms with E-state index in [1.165, 1.54) is 302 Å². The number of aliphatic hydroxyl groups is 1. The first-order valence-corrected chi connectivity index (χ1v) is 37.4. The molecule has 0 bridgehead atoms. The summed E-state index contributed by atoms with van der Waals surface area (Å²) in [6.45, 7) is 4.84. The van der Waals surface area contributed by atoms with Gasteiger partial charge in [0.15, 0.2) is 0 Å². The second-order valence-corrected chi connectivity index (χ2v) is 27.4. The van der Waals surface area contributed by atoms with Crippen LogP contribution in [0.3, 0.4) is 0 Å². The Balaban J connectivity index is 3.96. The molecular weight excluding hydrogens is 1020 g/mol. The molecule has 0 aromatic heterocycles. The van der Waals surface area contributed by atoms with Crippen molar-refractivity contribution in [2.45, 2.75) is 379 Å². The van der Waals surface area contributed by atoms with E-state index < -0.39 is 20.0 Å². The number of unbranched alkanes of at least 4 members (excludes halogenated alkanes) is 50. The predicted octanol–water partition coefficient (Wildman–Crippen LogP) is 22.8. The van der Waals surface area contributed by atoms with Crippen molar-refractivity contribution >= 4 is 13.7 Å². The molecule has 0 fully saturated rings. The fraction of sp³-hybridized carbons (Fsp3) is 0.903. The molecule has 9 heteroatoms. The summed E-state index contributed by atoms with van der Waals surface area (Å²) in [6, 6.07) is -0.869. The number of nitrogens with zero attached hydrogens (tertiary/aromatic N) is 1. The van der Waals surface area contributed by atoms with Crippen LogP contribution in [0.25, 0.3) is 0 Å². The number of phosphoric ester groups is 1. The van der Waals surface area contributed by atoms with Crippen LogP contribution >= 0.6 is 7.82 Å². The second-order valence-electron chi connectivity index (χ2n) is 26.0. The zero-order chi connectivity index (χ0) is 59.1. The highest BCUT2D eigenvalue weighted by Gasteiger charge is 2.28.